The number of aliphatic hydroxyl groups excluding tert-OH is 2. The lowest BCUT2D eigenvalue weighted by atomic mass is 10.1. The molecule has 2 aliphatic rings. The Labute approximate surface area is 95.3 Å². The molecule has 0 radical (unpaired) electrons. The molecule has 0 spiro atoms. The van der Waals surface area contributed by atoms with Gasteiger partial charge in [-0.25, -0.2) is 19.6 Å². The second-order valence-electron chi connectivity index (χ2n) is 3.74. The number of hydrogen-bond donors (Lipinski definition) is 4. The van der Waals surface area contributed by atoms with E-state index >= 15 is 0 Å². The van der Waals surface area contributed by atoms with Gasteiger partial charge in [0.1, 0.15) is 12.2 Å². The largest absolute Gasteiger partial charge is 0.394 e. The smallest absolute Gasteiger partial charge is 0.340 e. The SMILES string of the molecule is O=C1CNN([C@@H]2O[C@H](CO)[C@@H](F)[C@H]2O)C(=O)N1. The van der Waals surface area contributed by atoms with Gasteiger partial charge in [0.05, 0.1) is 13.2 Å². The molecule has 3 amide bonds. The summed E-state index contributed by atoms with van der Waals surface area (Å²) in [5.41, 5.74) is 2.39. The van der Waals surface area contributed by atoms with Crippen molar-refractivity contribution in [3.8, 4) is 0 Å². The summed E-state index contributed by atoms with van der Waals surface area (Å²) in [5, 5.41) is 21.1. The van der Waals surface area contributed by atoms with E-state index < -0.39 is 43.2 Å². The normalized spacial score (nSPS) is 38.4. The number of nitrogens with one attached hydrogen (secondary N) is 2. The molecule has 0 aliphatic carbocycles. The van der Waals surface area contributed by atoms with E-state index in [0.717, 1.165) is 5.01 Å². The molecule has 2 heterocycles. The minimum atomic E-state index is -1.79. The average molecular weight is 249 g/mol. The van der Waals surface area contributed by atoms with Crippen molar-refractivity contribution < 1.29 is 28.9 Å². The maximum absolute atomic E-state index is 13.4. The summed E-state index contributed by atoms with van der Waals surface area (Å²) in [5.74, 6) is -0.533. The van der Waals surface area contributed by atoms with Crippen LogP contribution in [0, 0.1) is 0 Å². The molecule has 2 saturated heterocycles. The van der Waals surface area contributed by atoms with E-state index in [1.165, 1.54) is 0 Å². The Morgan fingerprint density at radius 3 is 2.76 bits per heavy atom. The van der Waals surface area contributed by atoms with E-state index in [-0.39, 0.29) is 6.54 Å². The van der Waals surface area contributed by atoms with Crippen LogP contribution in [0.2, 0.25) is 0 Å². The molecule has 4 N–H and O–H groups in total. The molecule has 2 rings (SSSR count). The van der Waals surface area contributed by atoms with Crippen molar-refractivity contribution >= 4 is 11.9 Å². The maximum Gasteiger partial charge on any atom is 0.340 e. The van der Waals surface area contributed by atoms with Crippen LogP contribution in [0.25, 0.3) is 0 Å². The molecule has 96 valence electrons. The highest BCUT2D eigenvalue weighted by Gasteiger charge is 2.49. The standard InChI is InChI=1S/C8H12FN3O5/c9-5-3(2-13)17-7(6(5)15)12-8(16)11-4(14)1-10-12/h3,5-7,10,13,15H,1-2H2,(H,11,14,16)/t3-,5-,6-,7-/m1/s1. The molecular formula is C8H12FN3O5. The lowest BCUT2D eigenvalue weighted by molar-refractivity contribution is -0.129. The molecule has 4 atom stereocenters. The van der Waals surface area contributed by atoms with E-state index in [4.69, 9.17) is 9.84 Å². The second-order valence-corrected chi connectivity index (χ2v) is 3.74. The highest BCUT2D eigenvalue weighted by Crippen LogP contribution is 2.25. The second kappa shape index (κ2) is 4.53. The van der Waals surface area contributed by atoms with Crippen LogP contribution in [0.1, 0.15) is 0 Å². The molecule has 0 aromatic heterocycles. The first-order valence-corrected chi connectivity index (χ1v) is 4.99. The summed E-state index contributed by atoms with van der Waals surface area (Å²) in [6.07, 6.45) is -5.85. The molecule has 2 fully saturated rings. The van der Waals surface area contributed by atoms with Crippen LogP contribution >= 0.6 is 0 Å². The molecule has 9 heteroatoms. The Bertz CT molecular complexity index is 341. The fourth-order valence-corrected chi connectivity index (χ4v) is 1.73. The Hall–Kier alpha value is -1.29. The number of rotatable bonds is 2. The number of carbonyl (C=O) groups excluding carboxylic acids is 2. The molecule has 0 aromatic carbocycles. The molecular weight excluding hydrogens is 237 g/mol. The molecule has 2 aliphatic heterocycles. The van der Waals surface area contributed by atoms with E-state index in [0.29, 0.717) is 0 Å². The third-order valence-electron chi connectivity index (χ3n) is 2.60. The predicted molar refractivity (Wildman–Crippen MR) is 50.0 cm³/mol. The zero-order valence-corrected chi connectivity index (χ0v) is 8.67. The van der Waals surface area contributed by atoms with Crippen LogP contribution in [0.15, 0.2) is 0 Å². The number of aliphatic hydroxyl groups is 2. The van der Waals surface area contributed by atoms with E-state index in [9.17, 15) is 19.1 Å². The van der Waals surface area contributed by atoms with Gasteiger partial charge in [0, 0.05) is 0 Å². The Balaban J connectivity index is 2.08. The Morgan fingerprint density at radius 1 is 1.53 bits per heavy atom. The number of nitrogens with zero attached hydrogens (tertiary/aromatic N) is 1. The van der Waals surface area contributed by atoms with E-state index in [1.54, 1.807) is 0 Å². The average Bonchev–Trinajstić information content (AvgIpc) is 2.57. The number of halogens is 1. The van der Waals surface area contributed by atoms with Crippen LogP contribution in [0.3, 0.4) is 0 Å². The van der Waals surface area contributed by atoms with Crippen LogP contribution in [0.4, 0.5) is 9.18 Å². The van der Waals surface area contributed by atoms with Crippen molar-refractivity contribution in [1.29, 1.82) is 0 Å². The summed E-state index contributed by atoms with van der Waals surface area (Å²) >= 11 is 0. The molecule has 0 bridgehead atoms. The number of imide groups is 1. The fourth-order valence-electron chi connectivity index (χ4n) is 1.73. The zero-order chi connectivity index (χ0) is 12.6. The van der Waals surface area contributed by atoms with Crippen molar-refractivity contribution in [2.24, 2.45) is 0 Å². The minimum absolute atomic E-state index is 0.181. The highest BCUT2D eigenvalue weighted by molar-refractivity contribution is 5.97. The first kappa shape index (κ1) is 12.2. The van der Waals surface area contributed by atoms with Gasteiger partial charge in [-0.1, -0.05) is 0 Å². The fraction of sp³-hybridized carbons (Fsp3) is 0.750. The van der Waals surface area contributed by atoms with Gasteiger partial charge >= 0.3 is 6.03 Å². The Morgan fingerprint density at radius 2 is 2.24 bits per heavy atom. The van der Waals surface area contributed by atoms with Gasteiger partial charge in [0.2, 0.25) is 5.91 Å². The Kier molecular flexibility index (Phi) is 3.24. The van der Waals surface area contributed by atoms with Crippen molar-refractivity contribution in [1.82, 2.24) is 15.8 Å². The van der Waals surface area contributed by atoms with E-state index in [1.807, 2.05) is 5.32 Å². The maximum atomic E-state index is 13.4. The van der Waals surface area contributed by atoms with Crippen LogP contribution in [-0.4, -0.2) is 64.9 Å². The van der Waals surface area contributed by atoms with Crippen LogP contribution < -0.4 is 10.7 Å². The summed E-state index contributed by atoms with van der Waals surface area (Å²) in [4.78, 5) is 22.3. The van der Waals surface area contributed by atoms with Crippen molar-refractivity contribution in [2.75, 3.05) is 13.2 Å². The summed E-state index contributed by atoms with van der Waals surface area (Å²) in [6.45, 7) is -0.790. The molecule has 0 aromatic rings. The molecule has 8 nitrogen and oxygen atoms in total. The number of hydrazine groups is 1. The monoisotopic (exact) mass is 249 g/mol. The lowest BCUT2D eigenvalue weighted by Gasteiger charge is -2.32. The number of amides is 3. The third-order valence-corrected chi connectivity index (χ3v) is 2.60. The third kappa shape index (κ3) is 2.09. The van der Waals surface area contributed by atoms with Gasteiger partial charge in [0.25, 0.3) is 0 Å². The lowest BCUT2D eigenvalue weighted by Crippen LogP contribution is -2.64. The quantitative estimate of drug-likeness (QED) is 0.429. The van der Waals surface area contributed by atoms with Crippen LogP contribution in [-0.2, 0) is 9.53 Å². The van der Waals surface area contributed by atoms with Crippen molar-refractivity contribution in [3.05, 3.63) is 0 Å². The van der Waals surface area contributed by atoms with Gasteiger partial charge in [0.15, 0.2) is 12.4 Å². The number of carbonyl (C=O) groups is 2. The number of alkyl halides is 1. The van der Waals surface area contributed by atoms with Gasteiger partial charge in [-0.05, 0) is 0 Å². The molecule has 0 saturated carbocycles. The number of ether oxygens (including phenoxy) is 1. The predicted octanol–water partition coefficient (Wildman–Crippen LogP) is -2.54. The first-order valence-electron chi connectivity index (χ1n) is 4.99. The molecule has 17 heavy (non-hydrogen) atoms. The van der Waals surface area contributed by atoms with Gasteiger partial charge < -0.3 is 14.9 Å². The van der Waals surface area contributed by atoms with Crippen LogP contribution in [0.5, 0.6) is 0 Å². The van der Waals surface area contributed by atoms with Crippen molar-refractivity contribution in [3.63, 3.8) is 0 Å². The highest BCUT2D eigenvalue weighted by atomic mass is 19.1. The summed E-state index contributed by atoms with van der Waals surface area (Å²) in [7, 11) is 0. The molecule has 0 unspecified atom stereocenters. The van der Waals surface area contributed by atoms with Gasteiger partial charge in [-0.15, -0.1) is 0 Å². The first-order chi connectivity index (χ1) is 8.04. The van der Waals surface area contributed by atoms with Gasteiger partial charge in [-0.3, -0.25) is 10.1 Å². The topological polar surface area (TPSA) is 111 Å². The summed E-state index contributed by atoms with van der Waals surface area (Å²) in [6, 6.07) is -0.837. The van der Waals surface area contributed by atoms with Crippen molar-refractivity contribution in [2.45, 2.75) is 24.6 Å². The number of hydrogen-bond acceptors (Lipinski definition) is 6. The summed E-state index contributed by atoms with van der Waals surface area (Å²) < 4.78 is 18.4. The van der Waals surface area contributed by atoms with Gasteiger partial charge in [-0.2, -0.15) is 0 Å². The van der Waals surface area contributed by atoms with E-state index in [2.05, 4.69) is 5.43 Å². The zero-order valence-electron chi connectivity index (χ0n) is 8.67. The number of urea groups is 1. The minimum Gasteiger partial charge on any atom is -0.394 e.